The third kappa shape index (κ3) is 6.80. The predicted molar refractivity (Wildman–Crippen MR) is 164 cm³/mol. The van der Waals surface area contributed by atoms with Crippen LogP contribution >= 0.6 is 23.2 Å². The predicted octanol–water partition coefficient (Wildman–Crippen LogP) is 7.31. The van der Waals surface area contributed by atoms with E-state index in [-0.39, 0.29) is 24.8 Å². The fraction of sp³-hybridized carbons (Fsp3) is 0.303. The Labute approximate surface area is 256 Å². The van der Waals surface area contributed by atoms with Gasteiger partial charge in [0.1, 0.15) is 22.8 Å². The summed E-state index contributed by atoms with van der Waals surface area (Å²) >= 11 is 12.5. The van der Waals surface area contributed by atoms with Crippen LogP contribution in [-0.4, -0.2) is 53.5 Å². The SMILES string of the molecule is Cc1onc(-c2ccccc2Cl)c1C(=O)N1CCCC(COc2ccc(Cl)cc2)(CC(=O)N(C)Cc2ccccc2)C1. The Bertz CT molecular complexity index is 1540. The van der Waals surface area contributed by atoms with Crippen LogP contribution < -0.4 is 4.74 Å². The lowest BCUT2D eigenvalue weighted by Gasteiger charge is -2.43. The quantitative estimate of drug-likeness (QED) is 0.200. The van der Waals surface area contributed by atoms with E-state index in [1.54, 1.807) is 34.9 Å². The fourth-order valence-corrected chi connectivity index (χ4v) is 5.83. The molecule has 2 heterocycles. The molecule has 3 aromatic carbocycles. The molecular weight excluding hydrogens is 573 g/mol. The maximum Gasteiger partial charge on any atom is 0.259 e. The summed E-state index contributed by atoms with van der Waals surface area (Å²) in [6, 6.07) is 24.3. The second kappa shape index (κ2) is 13.0. The monoisotopic (exact) mass is 605 g/mol. The topological polar surface area (TPSA) is 75.9 Å². The van der Waals surface area contributed by atoms with Crippen LogP contribution in [0.3, 0.4) is 0 Å². The average molecular weight is 607 g/mol. The van der Waals surface area contributed by atoms with Gasteiger partial charge in [0, 0.05) is 49.1 Å². The molecule has 1 fully saturated rings. The van der Waals surface area contributed by atoms with Crippen LogP contribution in [0, 0.1) is 12.3 Å². The molecule has 1 unspecified atom stereocenters. The summed E-state index contributed by atoms with van der Waals surface area (Å²) in [5, 5.41) is 5.29. The van der Waals surface area contributed by atoms with Gasteiger partial charge in [0.05, 0.1) is 11.6 Å². The van der Waals surface area contributed by atoms with Crippen LogP contribution in [0.4, 0.5) is 0 Å². The third-order valence-corrected chi connectivity index (χ3v) is 8.31. The van der Waals surface area contributed by atoms with Gasteiger partial charge < -0.3 is 19.1 Å². The number of aryl methyl sites for hydroxylation is 1. The summed E-state index contributed by atoms with van der Waals surface area (Å²) < 4.78 is 11.7. The average Bonchev–Trinajstić information content (AvgIpc) is 3.38. The molecule has 1 aliphatic rings. The molecule has 0 spiro atoms. The minimum atomic E-state index is -0.606. The lowest BCUT2D eigenvalue weighted by atomic mass is 9.77. The van der Waals surface area contributed by atoms with Crippen molar-refractivity contribution in [3.63, 3.8) is 0 Å². The first-order valence-corrected chi connectivity index (χ1v) is 14.7. The molecule has 7 nitrogen and oxygen atoms in total. The van der Waals surface area contributed by atoms with Gasteiger partial charge in [-0.05, 0) is 55.7 Å². The van der Waals surface area contributed by atoms with E-state index in [1.807, 2.05) is 67.7 Å². The molecule has 1 saturated heterocycles. The maximum atomic E-state index is 14.1. The molecule has 0 N–H and O–H groups in total. The van der Waals surface area contributed by atoms with E-state index in [2.05, 4.69) is 5.16 Å². The van der Waals surface area contributed by atoms with Gasteiger partial charge in [-0.3, -0.25) is 9.59 Å². The minimum Gasteiger partial charge on any atom is -0.493 e. The van der Waals surface area contributed by atoms with E-state index >= 15 is 0 Å². The van der Waals surface area contributed by atoms with Crippen molar-refractivity contribution < 1.29 is 18.8 Å². The van der Waals surface area contributed by atoms with Crippen molar-refractivity contribution in [2.45, 2.75) is 32.7 Å². The zero-order valence-corrected chi connectivity index (χ0v) is 25.2. The van der Waals surface area contributed by atoms with Gasteiger partial charge in [-0.25, -0.2) is 0 Å². The Hall–Kier alpha value is -3.81. The standard InChI is InChI=1S/C33H33Cl2N3O4/c1-23-30(31(36-42-23)27-11-6-7-12-28(27)35)32(40)38-18-8-17-33(21-38,22-41-26-15-13-25(34)14-16-26)19-29(39)37(2)20-24-9-4-3-5-10-24/h3-7,9-16H,8,17-22H2,1-2H3. The molecule has 0 saturated carbocycles. The summed E-state index contributed by atoms with van der Waals surface area (Å²) in [6.45, 7) is 3.38. The first-order chi connectivity index (χ1) is 20.2. The van der Waals surface area contributed by atoms with Gasteiger partial charge in [-0.2, -0.15) is 0 Å². The fourth-order valence-electron chi connectivity index (χ4n) is 5.48. The third-order valence-electron chi connectivity index (χ3n) is 7.73. The number of hydrogen-bond acceptors (Lipinski definition) is 5. The molecule has 1 aromatic heterocycles. The number of rotatable bonds is 9. The first-order valence-electron chi connectivity index (χ1n) is 13.9. The Balaban J connectivity index is 1.40. The maximum absolute atomic E-state index is 14.1. The van der Waals surface area contributed by atoms with Crippen LogP contribution in [0.5, 0.6) is 5.75 Å². The minimum absolute atomic E-state index is 0.00854. The number of carbonyl (C=O) groups is 2. The largest absolute Gasteiger partial charge is 0.493 e. The number of benzene rings is 3. The van der Waals surface area contributed by atoms with E-state index in [4.69, 9.17) is 32.5 Å². The van der Waals surface area contributed by atoms with Crippen molar-refractivity contribution in [3.8, 4) is 17.0 Å². The number of halogens is 2. The molecule has 0 bridgehead atoms. The molecule has 0 radical (unpaired) electrons. The van der Waals surface area contributed by atoms with Crippen LogP contribution in [0.1, 0.15) is 40.9 Å². The second-order valence-corrected chi connectivity index (χ2v) is 11.8. The number of piperidine rings is 1. The molecule has 1 atom stereocenters. The lowest BCUT2D eigenvalue weighted by Crippen LogP contribution is -2.50. The number of likely N-dealkylation sites (tertiary alicyclic amines) is 1. The first kappa shape index (κ1) is 29.7. The highest BCUT2D eigenvalue weighted by Crippen LogP contribution is 2.38. The molecule has 5 rings (SSSR count). The van der Waals surface area contributed by atoms with Gasteiger partial charge >= 0.3 is 0 Å². The highest BCUT2D eigenvalue weighted by atomic mass is 35.5. The van der Waals surface area contributed by atoms with Crippen molar-refractivity contribution in [2.75, 3.05) is 26.7 Å². The summed E-state index contributed by atoms with van der Waals surface area (Å²) in [5.74, 6) is 0.862. The van der Waals surface area contributed by atoms with Crippen molar-refractivity contribution >= 4 is 35.0 Å². The smallest absolute Gasteiger partial charge is 0.259 e. The number of carbonyl (C=O) groups excluding carboxylic acids is 2. The van der Waals surface area contributed by atoms with Gasteiger partial charge in [0.15, 0.2) is 0 Å². The Kier molecular flexibility index (Phi) is 9.19. The molecule has 2 amide bonds. The van der Waals surface area contributed by atoms with Gasteiger partial charge in [-0.1, -0.05) is 76.9 Å². The second-order valence-electron chi connectivity index (χ2n) is 10.9. The van der Waals surface area contributed by atoms with Crippen LogP contribution in [0.25, 0.3) is 11.3 Å². The number of nitrogens with zero attached hydrogens (tertiary/aromatic N) is 3. The lowest BCUT2D eigenvalue weighted by molar-refractivity contribution is -0.134. The zero-order chi connectivity index (χ0) is 29.7. The molecule has 218 valence electrons. The van der Waals surface area contributed by atoms with Crippen LogP contribution in [0.2, 0.25) is 10.0 Å². The van der Waals surface area contributed by atoms with Crippen molar-refractivity contribution in [2.24, 2.45) is 5.41 Å². The highest BCUT2D eigenvalue weighted by Gasteiger charge is 2.42. The normalized spacial score (nSPS) is 16.7. The highest BCUT2D eigenvalue weighted by molar-refractivity contribution is 6.33. The number of amides is 2. The van der Waals surface area contributed by atoms with Crippen LogP contribution in [0.15, 0.2) is 83.4 Å². The van der Waals surface area contributed by atoms with E-state index < -0.39 is 5.41 Å². The molecule has 1 aliphatic heterocycles. The van der Waals surface area contributed by atoms with Gasteiger partial charge in [0.2, 0.25) is 5.91 Å². The van der Waals surface area contributed by atoms with Crippen molar-refractivity contribution in [3.05, 3.63) is 106 Å². The van der Waals surface area contributed by atoms with Crippen LogP contribution in [-0.2, 0) is 11.3 Å². The Morgan fingerprint density at radius 1 is 1.02 bits per heavy atom. The summed E-state index contributed by atoms with van der Waals surface area (Å²) in [7, 11) is 1.81. The Morgan fingerprint density at radius 2 is 1.74 bits per heavy atom. The summed E-state index contributed by atoms with van der Waals surface area (Å²) in [4.78, 5) is 31.2. The number of hydrogen-bond donors (Lipinski definition) is 0. The van der Waals surface area contributed by atoms with Gasteiger partial charge in [0.25, 0.3) is 5.91 Å². The Morgan fingerprint density at radius 3 is 2.48 bits per heavy atom. The van der Waals surface area contributed by atoms with Crippen molar-refractivity contribution in [1.29, 1.82) is 0 Å². The molecule has 9 heteroatoms. The zero-order valence-electron chi connectivity index (χ0n) is 23.7. The van der Waals surface area contributed by atoms with E-state index in [0.29, 0.717) is 58.0 Å². The van der Waals surface area contributed by atoms with Gasteiger partial charge in [-0.15, -0.1) is 0 Å². The van der Waals surface area contributed by atoms with E-state index in [1.165, 1.54) is 0 Å². The molecule has 4 aromatic rings. The van der Waals surface area contributed by atoms with E-state index in [9.17, 15) is 9.59 Å². The number of aromatic nitrogens is 1. The van der Waals surface area contributed by atoms with E-state index in [0.717, 1.165) is 18.4 Å². The molecule has 0 aliphatic carbocycles. The molecular formula is C33H33Cl2N3O4. The summed E-state index contributed by atoms with van der Waals surface area (Å²) in [6.07, 6.45) is 1.68. The number of ether oxygens (including phenoxy) is 1. The molecule has 42 heavy (non-hydrogen) atoms. The van der Waals surface area contributed by atoms with Crippen molar-refractivity contribution in [1.82, 2.24) is 15.0 Å². The summed E-state index contributed by atoms with van der Waals surface area (Å²) in [5.41, 5.74) is 1.87.